The first kappa shape index (κ1) is 20.4. The molecule has 0 amide bonds. The molecule has 0 aliphatic carbocycles. The smallest absolute Gasteiger partial charge is 0.343 e. The summed E-state index contributed by atoms with van der Waals surface area (Å²) in [6.45, 7) is 0.512. The maximum atomic E-state index is 12.5. The van der Waals surface area contributed by atoms with Crippen molar-refractivity contribution in [1.82, 2.24) is 0 Å². The van der Waals surface area contributed by atoms with Crippen molar-refractivity contribution < 1.29 is 23.7 Å². The van der Waals surface area contributed by atoms with Crippen LogP contribution in [0, 0.1) is 0 Å². The summed E-state index contributed by atoms with van der Waals surface area (Å²) in [5.74, 6) is 1.03. The average molecular weight is 414 g/mol. The van der Waals surface area contributed by atoms with Gasteiger partial charge in [0.05, 0.1) is 5.56 Å². The summed E-state index contributed by atoms with van der Waals surface area (Å²) >= 11 is 0. The summed E-state index contributed by atoms with van der Waals surface area (Å²) in [6.07, 6.45) is 0. The zero-order chi connectivity index (χ0) is 21.5. The summed E-state index contributed by atoms with van der Waals surface area (Å²) < 4.78 is 22.2. The van der Waals surface area contributed by atoms with E-state index in [0.29, 0.717) is 23.7 Å². The first-order valence-electron chi connectivity index (χ1n) is 9.86. The second kappa shape index (κ2) is 9.78. The van der Waals surface area contributed by atoms with Crippen molar-refractivity contribution >= 4 is 16.7 Å². The van der Waals surface area contributed by atoms with E-state index in [1.807, 2.05) is 60.7 Å². The van der Waals surface area contributed by atoms with Crippen molar-refractivity contribution in [3.63, 3.8) is 0 Å². The summed E-state index contributed by atoms with van der Waals surface area (Å²) in [6, 6.07) is 28.2. The van der Waals surface area contributed by atoms with Crippen molar-refractivity contribution in [2.24, 2.45) is 0 Å². The molecule has 4 aromatic rings. The lowest BCUT2D eigenvalue weighted by Gasteiger charge is -2.14. The topological polar surface area (TPSA) is 54.0 Å². The molecule has 0 unspecified atom stereocenters. The second-order valence-corrected chi connectivity index (χ2v) is 6.89. The van der Waals surface area contributed by atoms with Gasteiger partial charge in [0.1, 0.15) is 12.4 Å². The molecule has 0 N–H and O–H groups in total. The molecule has 0 radical (unpaired) electrons. The van der Waals surface area contributed by atoms with Crippen LogP contribution in [0.25, 0.3) is 10.8 Å². The van der Waals surface area contributed by atoms with Gasteiger partial charge >= 0.3 is 5.97 Å². The number of rotatable bonds is 8. The predicted octanol–water partition coefficient (Wildman–Crippen LogP) is 5.62. The number of carbonyl (C=O) groups is 1. The molecule has 0 aliphatic rings. The largest absolute Gasteiger partial charge is 0.489 e. The van der Waals surface area contributed by atoms with Gasteiger partial charge in [-0.25, -0.2) is 4.79 Å². The molecule has 0 atom stereocenters. The number of ether oxygens (including phenoxy) is 4. The number of benzene rings is 4. The second-order valence-electron chi connectivity index (χ2n) is 6.89. The minimum absolute atomic E-state index is 0.0333. The lowest BCUT2D eigenvalue weighted by Crippen LogP contribution is -2.10. The van der Waals surface area contributed by atoms with Gasteiger partial charge in [-0.05, 0) is 52.7 Å². The number of hydrogen-bond acceptors (Lipinski definition) is 5. The van der Waals surface area contributed by atoms with E-state index in [1.54, 1.807) is 30.3 Å². The van der Waals surface area contributed by atoms with E-state index in [2.05, 4.69) is 0 Å². The summed E-state index contributed by atoms with van der Waals surface area (Å²) in [5, 5.41) is 1.80. The summed E-state index contributed by atoms with van der Waals surface area (Å²) in [5.41, 5.74) is 1.56. The maximum absolute atomic E-state index is 12.5. The minimum atomic E-state index is -0.454. The molecule has 0 heterocycles. The van der Waals surface area contributed by atoms with Gasteiger partial charge in [0.15, 0.2) is 18.3 Å². The molecule has 4 rings (SSSR count). The van der Waals surface area contributed by atoms with E-state index >= 15 is 0 Å². The predicted molar refractivity (Wildman–Crippen MR) is 119 cm³/mol. The SMILES string of the molecule is COCOc1cc2cc(OCc3ccccc3)ccc2cc1OC(=O)c1ccccc1. The van der Waals surface area contributed by atoms with E-state index in [0.717, 1.165) is 22.1 Å². The fourth-order valence-corrected chi connectivity index (χ4v) is 3.11. The molecular weight excluding hydrogens is 392 g/mol. The van der Waals surface area contributed by atoms with Crippen LogP contribution in [0.2, 0.25) is 0 Å². The Labute approximate surface area is 180 Å². The Balaban J connectivity index is 1.59. The Morgan fingerprint density at radius 1 is 0.742 bits per heavy atom. The normalized spacial score (nSPS) is 10.6. The van der Waals surface area contributed by atoms with Crippen molar-refractivity contribution in [3.05, 3.63) is 102 Å². The average Bonchev–Trinajstić information content (AvgIpc) is 2.82. The zero-order valence-corrected chi connectivity index (χ0v) is 17.1. The molecule has 4 aromatic carbocycles. The van der Waals surface area contributed by atoms with Crippen LogP contribution in [0.1, 0.15) is 15.9 Å². The van der Waals surface area contributed by atoms with Crippen LogP contribution < -0.4 is 14.2 Å². The highest BCUT2D eigenvalue weighted by Crippen LogP contribution is 2.35. The highest BCUT2D eigenvalue weighted by atomic mass is 16.7. The monoisotopic (exact) mass is 414 g/mol. The third-order valence-corrected chi connectivity index (χ3v) is 4.67. The van der Waals surface area contributed by atoms with E-state index in [-0.39, 0.29) is 6.79 Å². The van der Waals surface area contributed by atoms with Gasteiger partial charge in [0, 0.05) is 7.11 Å². The quantitative estimate of drug-likeness (QED) is 0.213. The van der Waals surface area contributed by atoms with Gasteiger partial charge in [-0.15, -0.1) is 0 Å². The fourth-order valence-electron chi connectivity index (χ4n) is 3.11. The first-order valence-corrected chi connectivity index (χ1v) is 9.86. The molecule has 31 heavy (non-hydrogen) atoms. The Morgan fingerprint density at radius 2 is 1.45 bits per heavy atom. The first-order chi connectivity index (χ1) is 15.2. The number of esters is 1. The molecule has 0 saturated carbocycles. The number of methoxy groups -OCH3 is 1. The highest BCUT2D eigenvalue weighted by Gasteiger charge is 2.14. The molecule has 0 spiro atoms. The molecule has 0 saturated heterocycles. The van der Waals surface area contributed by atoms with Gasteiger partial charge in [0.25, 0.3) is 0 Å². The van der Waals surface area contributed by atoms with Crippen LogP contribution in [-0.4, -0.2) is 19.9 Å². The number of carbonyl (C=O) groups excluding carboxylic acids is 1. The summed E-state index contributed by atoms with van der Waals surface area (Å²) in [4.78, 5) is 12.5. The highest BCUT2D eigenvalue weighted by molar-refractivity contribution is 5.93. The molecule has 0 fully saturated rings. The molecule has 5 heteroatoms. The van der Waals surface area contributed by atoms with Crippen molar-refractivity contribution in [2.45, 2.75) is 6.61 Å². The van der Waals surface area contributed by atoms with E-state index in [1.165, 1.54) is 7.11 Å². The maximum Gasteiger partial charge on any atom is 0.343 e. The standard InChI is InChI=1S/C26H22O5/c1-28-18-30-24-16-22-14-23(29-17-19-8-4-2-5-9-19)13-12-21(22)15-25(24)31-26(27)20-10-6-3-7-11-20/h2-16H,17-18H2,1H3. The third-order valence-electron chi connectivity index (χ3n) is 4.67. The zero-order valence-electron chi connectivity index (χ0n) is 17.1. The molecule has 156 valence electrons. The van der Waals surface area contributed by atoms with E-state index < -0.39 is 5.97 Å². The molecule has 0 aromatic heterocycles. The molecular formula is C26H22O5. The van der Waals surface area contributed by atoms with Gasteiger partial charge in [-0.1, -0.05) is 54.6 Å². The fraction of sp³-hybridized carbons (Fsp3) is 0.115. The Hall–Kier alpha value is -3.83. The molecule has 5 nitrogen and oxygen atoms in total. The Morgan fingerprint density at radius 3 is 2.19 bits per heavy atom. The Kier molecular flexibility index (Phi) is 6.45. The molecule has 0 aliphatic heterocycles. The van der Waals surface area contributed by atoms with Gasteiger partial charge in [0.2, 0.25) is 0 Å². The summed E-state index contributed by atoms with van der Waals surface area (Å²) in [7, 11) is 1.53. The van der Waals surface area contributed by atoms with E-state index in [9.17, 15) is 4.79 Å². The van der Waals surface area contributed by atoms with Crippen LogP contribution in [0.4, 0.5) is 0 Å². The van der Waals surface area contributed by atoms with Crippen molar-refractivity contribution in [1.29, 1.82) is 0 Å². The van der Waals surface area contributed by atoms with Crippen LogP contribution in [0.3, 0.4) is 0 Å². The van der Waals surface area contributed by atoms with Gasteiger partial charge in [-0.2, -0.15) is 0 Å². The lowest BCUT2D eigenvalue weighted by molar-refractivity contribution is 0.0472. The number of fused-ring (bicyclic) bond motifs is 1. The van der Waals surface area contributed by atoms with Gasteiger partial charge < -0.3 is 18.9 Å². The van der Waals surface area contributed by atoms with Gasteiger partial charge in [-0.3, -0.25) is 0 Å². The van der Waals surface area contributed by atoms with Crippen molar-refractivity contribution in [3.8, 4) is 17.2 Å². The minimum Gasteiger partial charge on any atom is -0.489 e. The lowest BCUT2D eigenvalue weighted by atomic mass is 10.1. The number of hydrogen-bond donors (Lipinski definition) is 0. The Bertz CT molecular complexity index is 1160. The van der Waals surface area contributed by atoms with E-state index in [4.69, 9.17) is 18.9 Å². The van der Waals surface area contributed by atoms with Crippen LogP contribution >= 0.6 is 0 Å². The van der Waals surface area contributed by atoms with Crippen LogP contribution in [0.5, 0.6) is 17.2 Å². The van der Waals surface area contributed by atoms with Crippen LogP contribution in [0.15, 0.2) is 91.0 Å². The third kappa shape index (κ3) is 5.21. The molecule has 0 bridgehead atoms. The van der Waals surface area contributed by atoms with Crippen molar-refractivity contribution in [2.75, 3.05) is 13.9 Å². The van der Waals surface area contributed by atoms with Crippen LogP contribution in [-0.2, 0) is 11.3 Å².